The first-order valence-electron chi connectivity index (χ1n) is 5.85. The van der Waals surface area contributed by atoms with Crippen molar-refractivity contribution in [2.75, 3.05) is 33.9 Å². The molecule has 1 aromatic rings. The molecule has 0 saturated carbocycles. The second kappa shape index (κ2) is 10.6. The van der Waals surface area contributed by atoms with E-state index in [2.05, 4.69) is 10.6 Å². The fourth-order valence-electron chi connectivity index (χ4n) is 1.38. The number of carbonyl (C=O) groups is 1. The summed E-state index contributed by atoms with van der Waals surface area (Å²) in [7, 11) is 3.26. The molecule has 2 N–H and O–H groups in total. The monoisotopic (exact) mass is 288 g/mol. The van der Waals surface area contributed by atoms with Crippen molar-refractivity contribution in [3.05, 3.63) is 29.8 Å². The third kappa shape index (κ3) is 7.66. The van der Waals surface area contributed by atoms with Crippen LogP contribution in [0.1, 0.15) is 5.56 Å². The zero-order valence-corrected chi connectivity index (χ0v) is 12.1. The van der Waals surface area contributed by atoms with Crippen LogP contribution in [0.2, 0.25) is 0 Å². The number of rotatable bonds is 8. The van der Waals surface area contributed by atoms with Crippen molar-refractivity contribution < 1.29 is 14.3 Å². The highest BCUT2D eigenvalue weighted by molar-refractivity contribution is 5.85. The number of hydrogen-bond donors (Lipinski definition) is 2. The van der Waals surface area contributed by atoms with Gasteiger partial charge in [-0.3, -0.25) is 4.79 Å². The summed E-state index contributed by atoms with van der Waals surface area (Å²) >= 11 is 0. The van der Waals surface area contributed by atoms with Crippen LogP contribution in [0.4, 0.5) is 0 Å². The summed E-state index contributed by atoms with van der Waals surface area (Å²) < 4.78 is 9.93. The van der Waals surface area contributed by atoms with Crippen molar-refractivity contribution in [2.45, 2.75) is 6.54 Å². The molecule has 0 aliphatic rings. The van der Waals surface area contributed by atoms with Gasteiger partial charge in [-0.15, -0.1) is 12.4 Å². The summed E-state index contributed by atoms with van der Waals surface area (Å²) in [6, 6.07) is 7.60. The maximum absolute atomic E-state index is 11.5. The molecule has 0 spiro atoms. The lowest BCUT2D eigenvalue weighted by Crippen LogP contribution is -2.34. The second-order valence-electron chi connectivity index (χ2n) is 3.79. The number of nitrogens with one attached hydrogen (secondary N) is 2. The first-order chi connectivity index (χ1) is 8.76. The van der Waals surface area contributed by atoms with Crippen LogP contribution in [0.25, 0.3) is 0 Å². The molecule has 0 unspecified atom stereocenters. The van der Waals surface area contributed by atoms with Gasteiger partial charge in [0.25, 0.3) is 0 Å². The average Bonchev–Trinajstić information content (AvgIpc) is 2.42. The van der Waals surface area contributed by atoms with Crippen molar-refractivity contribution in [3.63, 3.8) is 0 Å². The van der Waals surface area contributed by atoms with Gasteiger partial charge in [-0.1, -0.05) is 12.1 Å². The van der Waals surface area contributed by atoms with E-state index in [1.54, 1.807) is 14.2 Å². The van der Waals surface area contributed by atoms with Crippen LogP contribution < -0.4 is 15.4 Å². The lowest BCUT2D eigenvalue weighted by atomic mass is 10.2. The van der Waals surface area contributed by atoms with E-state index in [0.29, 0.717) is 26.2 Å². The minimum atomic E-state index is -0.0260. The van der Waals surface area contributed by atoms with Gasteiger partial charge >= 0.3 is 0 Å². The van der Waals surface area contributed by atoms with Crippen molar-refractivity contribution >= 4 is 18.3 Å². The molecule has 108 valence electrons. The van der Waals surface area contributed by atoms with Crippen molar-refractivity contribution in [1.82, 2.24) is 10.6 Å². The Kier molecular flexibility index (Phi) is 9.88. The molecule has 1 rings (SSSR count). The van der Waals surface area contributed by atoms with Crippen LogP contribution >= 0.6 is 12.4 Å². The molecule has 0 aromatic heterocycles. The summed E-state index contributed by atoms with van der Waals surface area (Å²) in [6.45, 7) is 2.10. The molecule has 0 saturated heterocycles. The lowest BCUT2D eigenvalue weighted by molar-refractivity contribution is -0.120. The number of carbonyl (C=O) groups excluding carboxylic acids is 1. The Balaban J connectivity index is 0.00000324. The van der Waals surface area contributed by atoms with E-state index in [1.807, 2.05) is 24.3 Å². The molecule has 6 heteroatoms. The summed E-state index contributed by atoms with van der Waals surface area (Å²) in [5, 5.41) is 5.81. The highest BCUT2D eigenvalue weighted by atomic mass is 35.5. The molecular weight excluding hydrogens is 268 g/mol. The van der Waals surface area contributed by atoms with E-state index in [1.165, 1.54) is 0 Å². The number of amides is 1. The standard InChI is InChI=1S/C13H20N2O3.ClH/c1-17-8-7-14-10-13(16)15-9-11-3-5-12(18-2)6-4-11;/h3-6,14H,7-10H2,1-2H3,(H,15,16);1H. The molecule has 0 aliphatic heterocycles. The molecule has 0 heterocycles. The topological polar surface area (TPSA) is 59.6 Å². The zero-order chi connectivity index (χ0) is 13.2. The summed E-state index contributed by atoms with van der Waals surface area (Å²) in [4.78, 5) is 11.5. The third-order valence-electron chi connectivity index (χ3n) is 2.42. The molecular formula is C13H21ClN2O3. The fourth-order valence-corrected chi connectivity index (χ4v) is 1.38. The number of hydrogen-bond acceptors (Lipinski definition) is 4. The Labute approximate surface area is 120 Å². The Morgan fingerprint density at radius 1 is 1.21 bits per heavy atom. The number of halogens is 1. The first kappa shape index (κ1) is 17.7. The van der Waals surface area contributed by atoms with Gasteiger partial charge in [0.15, 0.2) is 0 Å². The van der Waals surface area contributed by atoms with Gasteiger partial charge < -0.3 is 20.1 Å². The van der Waals surface area contributed by atoms with Crippen LogP contribution in [0.3, 0.4) is 0 Å². The van der Waals surface area contributed by atoms with E-state index >= 15 is 0 Å². The van der Waals surface area contributed by atoms with Crippen LogP contribution in [0.5, 0.6) is 5.75 Å². The normalized spacial score (nSPS) is 9.58. The largest absolute Gasteiger partial charge is 0.497 e. The Hall–Kier alpha value is -1.30. The predicted molar refractivity (Wildman–Crippen MR) is 76.8 cm³/mol. The highest BCUT2D eigenvalue weighted by Crippen LogP contribution is 2.10. The summed E-state index contributed by atoms with van der Waals surface area (Å²) in [5.74, 6) is 0.785. The number of methoxy groups -OCH3 is 2. The molecule has 0 radical (unpaired) electrons. The van der Waals surface area contributed by atoms with Crippen molar-refractivity contribution in [1.29, 1.82) is 0 Å². The molecule has 1 aromatic carbocycles. The summed E-state index contributed by atoms with van der Waals surface area (Å²) in [6.07, 6.45) is 0. The van der Waals surface area contributed by atoms with Gasteiger partial charge in [-0.25, -0.2) is 0 Å². The van der Waals surface area contributed by atoms with Crippen molar-refractivity contribution in [2.24, 2.45) is 0 Å². The van der Waals surface area contributed by atoms with Gasteiger partial charge in [-0.2, -0.15) is 0 Å². The SMILES string of the molecule is COCCNCC(=O)NCc1ccc(OC)cc1.Cl. The van der Waals surface area contributed by atoms with Crippen molar-refractivity contribution in [3.8, 4) is 5.75 Å². The summed E-state index contributed by atoms with van der Waals surface area (Å²) in [5.41, 5.74) is 1.04. The third-order valence-corrected chi connectivity index (χ3v) is 2.42. The second-order valence-corrected chi connectivity index (χ2v) is 3.79. The molecule has 19 heavy (non-hydrogen) atoms. The quantitative estimate of drug-likeness (QED) is 0.700. The molecule has 0 fully saturated rings. The average molecular weight is 289 g/mol. The Morgan fingerprint density at radius 3 is 2.47 bits per heavy atom. The molecule has 1 amide bonds. The fraction of sp³-hybridized carbons (Fsp3) is 0.462. The molecule has 0 atom stereocenters. The van der Waals surface area contributed by atoms with Crippen LogP contribution in [-0.2, 0) is 16.1 Å². The molecule has 5 nitrogen and oxygen atoms in total. The first-order valence-corrected chi connectivity index (χ1v) is 5.85. The van der Waals surface area contributed by atoms with Crippen LogP contribution in [-0.4, -0.2) is 39.8 Å². The smallest absolute Gasteiger partial charge is 0.234 e. The van der Waals surface area contributed by atoms with Gasteiger partial charge in [0.1, 0.15) is 5.75 Å². The molecule has 0 aliphatic carbocycles. The van der Waals surface area contributed by atoms with E-state index < -0.39 is 0 Å². The number of benzene rings is 1. The minimum absolute atomic E-state index is 0. The minimum Gasteiger partial charge on any atom is -0.497 e. The van der Waals surface area contributed by atoms with E-state index in [9.17, 15) is 4.79 Å². The van der Waals surface area contributed by atoms with Gasteiger partial charge in [0, 0.05) is 20.2 Å². The van der Waals surface area contributed by atoms with Gasteiger partial charge in [0.2, 0.25) is 5.91 Å². The van der Waals surface area contributed by atoms with Gasteiger partial charge in [-0.05, 0) is 17.7 Å². The van der Waals surface area contributed by atoms with E-state index in [-0.39, 0.29) is 18.3 Å². The Bertz CT molecular complexity index is 357. The maximum Gasteiger partial charge on any atom is 0.234 e. The zero-order valence-electron chi connectivity index (χ0n) is 11.3. The van der Waals surface area contributed by atoms with Crippen LogP contribution in [0.15, 0.2) is 24.3 Å². The van der Waals surface area contributed by atoms with Gasteiger partial charge in [0.05, 0.1) is 20.3 Å². The predicted octanol–water partition coefficient (Wildman–Crippen LogP) is 0.969. The highest BCUT2D eigenvalue weighted by Gasteiger charge is 2.00. The molecule has 0 bridgehead atoms. The van der Waals surface area contributed by atoms with E-state index in [4.69, 9.17) is 9.47 Å². The lowest BCUT2D eigenvalue weighted by Gasteiger charge is -2.07. The van der Waals surface area contributed by atoms with E-state index in [0.717, 1.165) is 11.3 Å². The maximum atomic E-state index is 11.5. The Morgan fingerprint density at radius 2 is 1.89 bits per heavy atom. The number of ether oxygens (including phenoxy) is 2. The van der Waals surface area contributed by atoms with Crippen LogP contribution in [0, 0.1) is 0 Å².